The summed E-state index contributed by atoms with van der Waals surface area (Å²) in [7, 11) is 1.69. The van der Waals surface area contributed by atoms with Crippen molar-refractivity contribution < 1.29 is 33.8 Å². The zero-order chi connectivity index (χ0) is 34.8. The summed E-state index contributed by atoms with van der Waals surface area (Å²) in [5.41, 5.74) is -1.13. The second kappa shape index (κ2) is 14.3. The molecule has 8 atom stereocenters. The number of hydrogen-bond donors (Lipinski definition) is 1. The molecule has 10 nitrogen and oxygen atoms in total. The van der Waals surface area contributed by atoms with E-state index in [1.807, 2.05) is 71.9 Å². The number of benzene rings is 1. The highest BCUT2D eigenvalue weighted by Crippen LogP contribution is 2.59. The SMILES string of the molecule is C=CCCC(=O)N(C)[C@H](C)[C@H](OC(=O)[C@@H]1[C@H]2C(=O)N([C@@H](CO)C(C)C)[C@H](C(=O)N(CC=C)C(C)(C)C)[C@]23CC[C@H]1O3)c1ccccc1. The van der Waals surface area contributed by atoms with Gasteiger partial charge < -0.3 is 29.3 Å². The number of aliphatic hydroxyl groups excluding tert-OH is 1. The second-order valence-electron chi connectivity index (χ2n) is 14.5. The number of esters is 1. The highest BCUT2D eigenvalue weighted by atomic mass is 16.6. The Bertz CT molecular complexity index is 1340. The molecule has 0 saturated carbocycles. The smallest absolute Gasteiger partial charge is 0.313 e. The van der Waals surface area contributed by atoms with Gasteiger partial charge in [0, 0.05) is 25.6 Å². The lowest BCUT2D eigenvalue weighted by molar-refractivity contribution is -0.165. The van der Waals surface area contributed by atoms with E-state index in [2.05, 4.69) is 13.2 Å². The van der Waals surface area contributed by atoms with Crippen LogP contribution in [0.2, 0.25) is 0 Å². The fourth-order valence-electron chi connectivity index (χ4n) is 7.71. The summed E-state index contributed by atoms with van der Waals surface area (Å²) in [4.78, 5) is 61.3. The number of fused-ring (bicyclic) bond motifs is 1. The first-order valence-corrected chi connectivity index (χ1v) is 16.8. The molecule has 0 aliphatic carbocycles. The number of allylic oxidation sites excluding steroid dienone is 1. The molecule has 3 aliphatic heterocycles. The van der Waals surface area contributed by atoms with Gasteiger partial charge in [-0.2, -0.15) is 0 Å². The fourth-order valence-corrected chi connectivity index (χ4v) is 7.71. The number of carbonyl (C=O) groups is 4. The van der Waals surface area contributed by atoms with Crippen molar-refractivity contribution >= 4 is 23.7 Å². The van der Waals surface area contributed by atoms with Crippen molar-refractivity contribution in [1.29, 1.82) is 0 Å². The van der Waals surface area contributed by atoms with Crippen molar-refractivity contribution in [3.05, 3.63) is 61.2 Å². The molecule has 1 spiro atoms. The number of hydrogen-bond acceptors (Lipinski definition) is 7. The van der Waals surface area contributed by atoms with Gasteiger partial charge in [-0.25, -0.2) is 0 Å². The van der Waals surface area contributed by atoms with Crippen LogP contribution in [-0.2, 0) is 28.7 Å². The lowest BCUT2D eigenvalue weighted by atomic mass is 9.70. The number of ether oxygens (including phenoxy) is 2. The van der Waals surface area contributed by atoms with Crippen LogP contribution in [0, 0.1) is 17.8 Å². The lowest BCUT2D eigenvalue weighted by Gasteiger charge is -2.44. The zero-order valence-corrected chi connectivity index (χ0v) is 29.1. The molecule has 4 rings (SSSR count). The Balaban J connectivity index is 1.74. The minimum absolute atomic E-state index is 0.105. The van der Waals surface area contributed by atoms with E-state index in [4.69, 9.17) is 9.47 Å². The molecular formula is C37H53N3O7. The first-order valence-electron chi connectivity index (χ1n) is 16.8. The van der Waals surface area contributed by atoms with E-state index >= 15 is 0 Å². The normalized spacial score (nSPS) is 26.8. The maximum Gasteiger partial charge on any atom is 0.313 e. The number of likely N-dealkylation sites (N-methyl/N-ethyl adjacent to an activating group) is 1. The summed E-state index contributed by atoms with van der Waals surface area (Å²) in [5, 5.41) is 10.5. The van der Waals surface area contributed by atoms with Crippen molar-refractivity contribution in [3.63, 3.8) is 0 Å². The summed E-state index contributed by atoms with van der Waals surface area (Å²) < 4.78 is 13.0. The van der Waals surface area contributed by atoms with Crippen molar-refractivity contribution in [3.8, 4) is 0 Å². The molecule has 0 aromatic heterocycles. The van der Waals surface area contributed by atoms with Crippen molar-refractivity contribution in [2.24, 2.45) is 17.8 Å². The number of nitrogens with zero attached hydrogens (tertiary/aromatic N) is 3. The monoisotopic (exact) mass is 651 g/mol. The first-order chi connectivity index (χ1) is 22.2. The van der Waals surface area contributed by atoms with Gasteiger partial charge in [-0.3, -0.25) is 19.2 Å². The number of likely N-dealkylation sites (tertiary alicyclic amines) is 1. The molecule has 3 heterocycles. The van der Waals surface area contributed by atoms with Gasteiger partial charge in [0.15, 0.2) is 0 Å². The zero-order valence-electron chi connectivity index (χ0n) is 29.1. The topological polar surface area (TPSA) is 117 Å². The average molecular weight is 652 g/mol. The highest BCUT2D eigenvalue weighted by Gasteiger charge is 2.76. The minimum Gasteiger partial charge on any atom is -0.455 e. The summed E-state index contributed by atoms with van der Waals surface area (Å²) in [6, 6.07) is 7.05. The minimum atomic E-state index is -1.25. The van der Waals surface area contributed by atoms with Crippen molar-refractivity contribution in [1.82, 2.24) is 14.7 Å². The van der Waals surface area contributed by atoms with E-state index in [1.54, 1.807) is 29.0 Å². The largest absolute Gasteiger partial charge is 0.455 e. The van der Waals surface area contributed by atoms with E-state index < -0.39 is 59.3 Å². The number of aliphatic hydroxyl groups is 1. The van der Waals surface area contributed by atoms with Gasteiger partial charge in [-0.05, 0) is 58.4 Å². The maximum absolute atomic E-state index is 14.6. The molecule has 258 valence electrons. The average Bonchev–Trinajstić information content (AvgIpc) is 3.68. The van der Waals surface area contributed by atoms with Crippen LogP contribution in [0.15, 0.2) is 55.6 Å². The Kier molecular flexibility index (Phi) is 11.1. The maximum atomic E-state index is 14.6. The van der Waals surface area contributed by atoms with Gasteiger partial charge in [-0.1, -0.05) is 56.3 Å². The van der Waals surface area contributed by atoms with Crippen LogP contribution >= 0.6 is 0 Å². The standard InChI is InChI=1S/C37H53N3O7/c1-10-12-18-28(42)38(9)24(5)31(25-16-14-13-15-17-25)46-35(45)29-27-19-20-37(47-27)30(29)33(43)40(26(22-41)23(3)4)32(37)34(44)39(21-11-2)36(6,7)8/h10-11,13-17,23-24,26-27,29-32,41H,1-2,12,18-22H2,3-9H3/t24-,26+,27-,29+,30+,31+,32-,37+/m1/s1. The van der Waals surface area contributed by atoms with Gasteiger partial charge in [0.2, 0.25) is 17.7 Å². The number of carbonyl (C=O) groups excluding carboxylic acids is 4. The molecular weight excluding hydrogens is 598 g/mol. The third kappa shape index (κ3) is 6.64. The Hall–Kier alpha value is -3.50. The molecule has 0 unspecified atom stereocenters. The summed E-state index contributed by atoms with van der Waals surface area (Å²) in [6.07, 6.45) is 3.63. The van der Waals surface area contributed by atoms with Crippen LogP contribution in [0.5, 0.6) is 0 Å². The van der Waals surface area contributed by atoms with Crippen LogP contribution in [0.3, 0.4) is 0 Å². The van der Waals surface area contributed by atoms with Crippen LogP contribution in [0.4, 0.5) is 0 Å². The summed E-state index contributed by atoms with van der Waals surface area (Å²) in [6.45, 7) is 18.9. The Morgan fingerprint density at radius 1 is 1.15 bits per heavy atom. The van der Waals surface area contributed by atoms with Gasteiger partial charge in [0.25, 0.3) is 0 Å². The first kappa shape index (κ1) is 36.3. The van der Waals surface area contributed by atoms with Crippen LogP contribution < -0.4 is 0 Å². The molecule has 3 fully saturated rings. The molecule has 1 aromatic rings. The van der Waals surface area contributed by atoms with Crippen LogP contribution in [-0.4, -0.2) is 99.1 Å². The van der Waals surface area contributed by atoms with Crippen molar-refractivity contribution in [2.75, 3.05) is 20.2 Å². The Labute approximate surface area is 279 Å². The molecule has 1 N–H and O–H groups in total. The number of rotatable bonds is 14. The molecule has 1 aromatic carbocycles. The third-order valence-corrected chi connectivity index (χ3v) is 10.3. The van der Waals surface area contributed by atoms with Gasteiger partial charge in [-0.15, -0.1) is 13.2 Å². The third-order valence-electron chi connectivity index (χ3n) is 10.3. The van der Waals surface area contributed by atoms with Crippen molar-refractivity contribution in [2.45, 2.75) is 109 Å². The molecule has 47 heavy (non-hydrogen) atoms. The fraction of sp³-hybridized carbons (Fsp3) is 0.622. The second-order valence-corrected chi connectivity index (χ2v) is 14.5. The van der Waals surface area contributed by atoms with Crippen LogP contribution in [0.1, 0.15) is 78.9 Å². The molecule has 3 saturated heterocycles. The molecule has 10 heteroatoms. The Morgan fingerprint density at radius 2 is 1.81 bits per heavy atom. The lowest BCUT2D eigenvalue weighted by Crippen LogP contribution is -2.62. The number of amides is 3. The molecule has 0 radical (unpaired) electrons. The van der Waals surface area contributed by atoms with E-state index in [1.165, 1.54) is 4.90 Å². The van der Waals surface area contributed by atoms with E-state index in [9.17, 15) is 24.3 Å². The predicted molar refractivity (Wildman–Crippen MR) is 179 cm³/mol. The molecule has 2 bridgehead atoms. The molecule has 3 aliphatic rings. The highest BCUT2D eigenvalue weighted by molar-refractivity contribution is 5.98. The Morgan fingerprint density at radius 3 is 2.36 bits per heavy atom. The predicted octanol–water partition coefficient (Wildman–Crippen LogP) is 4.29. The quantitative estimate of drug-likeness (QED) is 0.236. The summed E-state index contributed by atoms with van der Waals surface area (Å²) >= 11 is 0. The van der Waals surface area contributed by atoms with Gasteiger partial charge in [0.05, 0.1) is 36.6 Å². The van der Waals surface area contributed by atoms with E-state index in [0.717, 1.165) is 0 Å². The summed E-state index contributed by atoms with van der Waals surface area (Å²) in [5.74, 6) is -3.46. The van der Waals surface area contributed by atoms with Gasteiger partial charge in [0.1, 0.15) is 17.7 Å². The molecule has 3 amide bonds. The van der Waals surface area contributed by atoms with Gasteiger partial charge >= 0.3 is 5.97 Å². The van der Waals surface area contributed by atoms with E-state index in [-0.39, 0.29) is 43.2 Å². The van der Waals surface area contributed by atoms with E-state index in [0.29, 0.717) is 24.8 Å². The van der Waals surface area contributed by atoms with Crippen LogP contribution in [0.25, 0.3) is 0 Å².